The fourth-order valence-corrected chi connectivity index (χ4v) is 1.09. The Labute approximate surface area is 65.6 Å². The lowest BCUT2D eigenvalue weighted by Crippen LogP contribution is -2.39. The fraction of sp³-hybridized carbons (Fsp3) is 0.714. The molecule has 0 aromatic carbocycles. The quantitative estimate of drug-likeness (QED) is 0.513. The third-order valence-electron chi connectivity index (χ3n) is 1.75. The highest BCUT2D eigenvalue weighted by Gasteiger charge is 2.22. The van der Waals surface area contributed by atoms with E-state index < -0.39 is 11.8 Å². The van der Waals surface area contributed by atoms with Crippen molar-refractivity contribution in [2.75, 3.05) is 19.6 Å². The average molecular weight is 156 g/mol. The Morgan fingerprint density at radius 1 is 1.55 bits per heavy atom. The number of amides is 2. The van der Waals surface area contributed by atoms with E-state index >= 15 is 0 Å². The number of carbonyl (C=O) groups is 2. The fourth-order valence-electron chi connectivity index (χ4n) is 1.09. The lowest BCUT2D eigenvalue weighted by Gasteiger charge is -2.15. The number of rotatable bonds is 1. The summed E-state index contributed by atoms with van der Waals surface area (Å²) in [5, 5.41) is 2.53. The number of hydrogen-bond donors (Lipinski definition) is 1. The van der Waals surface area contributed by atoms with Crippen molar-refractivity contribution >= 4 is 11.8 Å². The first-order valence-corrected chi connectivity index (χ1v) is 3.82. The second kappa shape index (κ2) is 3.37. The van der Waals surface area contributed by atoms with Crippen LogP contribution in [0, 0.1) is 0 Å². The maximum atomic E-state index is 11.1. The van der Waals surface area contributed by atoms with Crippen LogP contribution < -0.4 is 5.32 Å². The molecule has 0 aromatic heterocycles. The number of carbonyl (C=O) groups excluding carboxylic acids is 2. The first-order chi connectivity index (χ1) is 5.25. The predicted octanol–water partition coefficient (Wildman–Crippen LogP) is -0.645. The largest absolute Gasteiger partial charge is 0.348 e. The minimum absolute atomic E-state index is 0.398. The van der Waals surface area contributed by atoms with Gasteiger partial charge in [0.2, 0.25) is 0 Å². The molecule has 4 nitrogen and oxygen atoms in total. The minimum atomic E-state index is -0.468. The minimum Gasteiger partial charge on any atom is -0.348 e. The van der Waals surface area contributed by atoms with Gasteiger partial charge < -0.3 is 10.2 Å². The van der Waals surface area contributed by atoms with Crippen molar-refractivity contribution in [1.82, 2.24) is 10.2 Å². The molecule has 0 saturated carbocycles. The summed E-state index contributed by atoms with van der Waals surface area (Å²) in [6.45, 7) is 3.79. The summed E-state index contributed by atoms with van der Waals surface area (Å²) in [7, 11) is 0. The third-order valence-corrected chi connectivity index (χ3v) is 1.75. The average Bonchev–Trinajstić information content (AvgIpc) is 2.16. The van der Waals surface area contributed by atoms with Gasteiger partial charge in [0.1, 0.15) is 0 Å². The van der Waals surface area contributed by atoms with Gasteiger partial charge in [0.05, 0.1) is 0 Å². The molecule has 2 amide bonds. The number of nitrogens with zero attached hydrogens (tertiary/aromatic N) is 1. The second-order valence-electron chi connectivity index (χ2n) is 2.49. The monoisotopic (exact) mass is 156 g/mol. The SMILES string of the molecule is CCN1CCCNC(=O)C1=O. The van der Waals surface area contributed by atoms with Crippen LogP contribution in [0.25, 0.3) is 0 Å². The molecule has 0 bridgehead atoms. The highest BCUT2D eigenvalue weighted by molar-refractivity contribution is 6.35. The van der Waals surface area contributed by atoms with Crippen LogP contribution in [0.15, 0.2) is 0 Å². The lowest BCUT2D eigenvalue weighted by atomic mass is 10.4. The predicted molar refractivity (Wildman–Crippen MR) is 39.9 cm³/mol. The van der Waals surface area contributed by atoms with Crippen molar-refractivity contribution in [3.05, 3.63) is 0 Å². The molecule has 0 radical (unpaired) electrons. The van der Waals surface area contributed by atoms with Gasteiger partial charge in [-0.05, 0) is 13.3 Å². The van der Waals surface area contributed by atoms with Gasteiger partial charge >= 0.3 is 11.8 Å². The van der Waals surface area contributed by atoms with Crippen LogP contribution >= 0.6 is 0 Å². The van der Waals surface area contributed by atoms with E-state index in [1.54, 1.807) is 4.90 Å². The van der Waals surface area contributed by atoms with E-state index in [-0.39, 0.29) is 0 Å². The summed E-state index contributed by atoms with van der Waals surface area (Å²) in [6.07, 6.45) is 0.852. The first kappa shape index (κ1) is 8.04. The molecule has 0 aromatic rings. The molecule has 0 atom stereocenters. The smallest absolute Gasteiger partial charge is 0.311 e. The van der Waals surface area contributed by atoms with Gasteiger partial charge in [-0.15, -0.1) is 0 Å². The molecule has 1 heterocycles. The topological polar surface area (TPSA) is 49.4 Å². The van der Waals surface area contributed by atoms with Crippen molar-refractivity contribution in [3.8, 4) is 0 Å². The van der Waals surface area contributed by atoms with E-state index in [4.69, 9.17) is 0 Å². The molecule has 4 heteroatoms. The Kier molecular flexibility index (Phi) is 2.46. The van der Waals surface area contributed by atoms with E-state index in [9.17, 15) is 9.59 Å². The van der Waals surface area contributed by atoms with Crippen molar-refractivity contribution < 1.29 is 9.59 Å². The molecule has 1 rings (SSSR count). The second-order valence-corrected chi connectivity index (χ2v) is 2.49. The zero-order valence-corrected chi connectivity index (χ0v) is 6.59. The van der Waals surface area contributed by atoms with Crippen LogP contribution in [-0.4, -0.2) is 36.3 Å². The summed E-state index contributed by atoms with van der Waals surface area (Å²) in [5.74, 6) is -0.866. The zero-order valence-electron chi connectivity index (χ0n) is 6.59. The van der Waals surface area contributed by atoms with Gasteiger partial charge in [0.25, 0.3) is 0 Å². The van der Waals surface area contributed by atoms with E-state index in [2.05, 4.69) is 5.32 Å². The standard InChI is InChI=1S/C7H12N2O2/c1-2-9-5-3-4-8-6(10)7(9)11/h2-5H2,1H3,(H,8,10). The highest BCUT2D eigenvalue weighted by Crippen LogP contribution is 1.96. The Balaban J connectivity index is 2.64. The molecule has 1 aliphatic heterocycles. The Morgan fingerprint density at radius 2 is 2.27 bits per heavy atom. The molecular formula is C7H12N2O2. The van der Waals surface area contributed by atoms with Gasteiger partial charge in [-0.2, -0.15) is 0 Å². The van der Waals surface area contributed by atoms with Crippen LogP contribution in [0.1, 0.15) is 13.3 Å². The van der Waals surface area contributed by atoms with Gasteiger partial charge in [-0.1, -0.05) is 0 Å². The Morgan fingerprint density at radius 3 is 2.91 bits per heavy atom. The lowest BCUT2D eigenvalue weighted by molar-refractivity contribution is -0.144. The molecule has 1 fully saturated rings. The maximum absolute atomic E-state index is 11.1. The zero-order chi connectivity index (χ0) is 8.27. The Bertz CT molecular complexity index is 179. The number of likely N-dealkylation sites (N-methyl/N-ethyl adjacent to an activating group) is 1. The molecule has 0 aliphatic carbocycles. The van der Waals surface area contributed by atoms with Crippen molar-refractivity contribution in [2.24, 2.45) is 0 Å². The van der Waals surface area contributed by atoms with Crippen LogP contribution in [0.3, 0.4) is 0 Å². The maximum Gasteiger partial charge on any atom is 0.311 e. The highest BCUT2D eigenvalue weighted by atomic mass is 16.2. The van der Waals surface area contributed by atoms with Crippen LogP contribution in [0.5, 0.6) is 0 Å². The van der Waals surface area contributed by atoms with Crippen LogP contribution in [0.2, 0.25) is 0 Å². The summed E-state index contributed by atoms with van der Waals surface area (Å²) >= 11 is 0. The molecule has 1 N–H and O–H groups in total. The summed E-state index contributed by atoms with van der Waals surface area (Å²) in [5.41, 5.74) is 0. The molecule has 1 saturated heterocycles. The van der Waals surface area contributed by atoms with Crippen molar-refractivity contribution in [1.29, 1.82) is 0 Å². The van der Waals surface area contributed by atoms with Gasteiger partial charge in [-0.25, -0.2) is 0 Å². The molecule has 0 spiro atoms. The van der Waals surface area contributed by atoms with E-state index in [1.165, 1.54) is 0 Å². The van der Waals surface area contributed by atoms with Gasteiger partial charge in [0.15, 0.2) is 0 Å². The van der Waals surface area contributed by atoms with Crippen LogP contribution in [-0.2, 0) is 9.59 Å². The van der Waals surface area contributed by atoms with Crippen molar-refractivity contribution in [2.45, 2.75) is 13.3 Å². The van der Waals surface area contributed by atoms with E-state index in [1.807, 2.05) is 6.92 Å². The van der Waals surface area contributed by atoms with Gasteiger partial charge in [0, 0.05) is 19.6 Å². The Hall–Kier alpha value is -1.06. The van der Waals surface area contributed by atoms with Gasteiger partial charge in [-0.3, -0.25) is 9.59 Å². The molecule has 11 heavy (non-hydrogen) atoms. The van der Waals surface area contributed by atoms with Crippen molar-refractivity contribution in [3.63, 3.8) is 0 Å². The summed E-state index contributed by atoms with van der Waals surface area (Å²) in [6, 6.07) is 0. The summed E-state index contributed by atoms with van der Waals surface area (Å²) in [4.78, 5) is 23.5. The van der Waals surface area contributed by atoms with E-state index in [0.717, 1.165) is 6.42 Å². The molecule has 0 unspecified atom stereocenters. The summed E-state index contributed by atoms with van der Waals surface area (Å²) < 4.78 is 0. The third kappa shape index (κ3) is 1.69. The molecular weight excluding hydrogens is 144 g/mol. The number of nitrogens with one attached hydrogen (secondary N) is 1. The van der Waals surface area contributed by atoms with E-state index in [0.29, 0.717) is 19.6 Å². The first-order valence-electron chi connectivity index (χ1n) is 3.82. The normalized spacial score (nSPS) is 19.5. The van der Waals surface area contributed by atoms with Crippen LogP contribution in [0.4, 0.5) is 0 Å². The molecule has 1 aliphatic rings. The number of hydrogen-bond acceptors (Lipinski definition) is 2. The molecule has 62 valence electrons.